The van der Waals surface area contributed by atoms with E-state index in [4.69, 9.17) is 10.2 Å². The fourth-order valence-corrected chi connectivity index (χ4v) is 4.48. The average Bonchev–Trinajstić information content (AvgIpc) is 2.70. The first-order chi connectivity index (χ1) is 15.8. The molecule has 0 heterocycles. The van der Waals surface area contributed by atoms with Crippen LogP contribution in [-0.4, -0.2) is 56.9 Å². The summed E-state index contributed by atoms with van der Waals surface area (Å²) in [5, 5.41) is 34.7. The summed E-state index contributed by atoms with van der Waals surface area (Å²) in [5.41, 5.74) is -3.38. The Kier molecular flexibility index (Phi) is 12.5. The monoisotopic (exact) mass is 520 g/mol. The Morgan fingerprint density at radius 3 is 0.971 bits per heavy atom. The van der Waals surface area contributed by atoms with E-state index in [2.05, 4.69) is 13.2 Å². The maximum absolute atomic E-state index is 13.8. The van der Waals surface area contributed by atoms with Crippen LogP contribution < -0.4 is 0 Å². The zero-order valence-electron chi connectivity index (χ0n) is 19.8. The Bertz CT molecular complexity index is 644. The van der Waals surface area contributed by atoms with Gasteiger partial charge < -0.3 is 20.4 Å². The lowest BCUT2D eigenvalue weighted by atomic mass is 9.57. The van der Waals surface area contributed by atoms with E-state index in [1.807, 2.05) is 0 Å². The van der Waals surface area contributed by atoms with Crippen molar-refractivity contribution in [3.05, 3.63) is 24.3 Å². The predicted molar refractivity (Wildman–Crippen MR) is 115 cm³/mol. The molecule has 0 amide bonds. The molecule has 0 unspecified atom stereocenters. The number of aliphatic carboxylic acids is 2. The molecule has 0 aromatic heterocycles. The summed E-state index contributed by atoms with van der Waals surface area (Å²) in [4.78, 5) is 19.2. The minimum absolute atomic E-state index is 0.0338. The summed E-state index contributed by atoms with van der Waals surface area (Å²) < 4.78 is 82.7. The van der Waals surface area contributed by atoms with Crippen molar-refractivity contribution in [3.8, 4) is 0 Å². The lowest BCUT2D eigenvalue weighted by Crippen LogP contribution is -2.60. The van der Waals surface area contributed by atoms with Crippen LogP contribution in [0.1, 0.15) is 65.2 Å². The number of alkyl halides is 6. The van der Waals surface area contributed by atoms with E-state index in [0.717, 1.165) is 0 Å². The van der Waals surface area contributed by atoms with Gasteiger partial charge in [0.2, 0.25) is 0 Å². The number of carboxylic acid groups (broad SMARTS) is 2. The van der Waals surface area contributed by atoms with E-state index in [0.29, 0.717) is 0 Å². The van der Waals surface area contributed by atoms with Gasteiger partial charge in [0.25, 0.3) is 0 Å². The maximum atomic E-state index is 13.8. The van der Waals surface area contributed by atoms with Crippen molar-refractivity contribution < 1.29 is 56.4 Å². The van der Waals surface area contributed by atoms with Gasteiger partial charge in [0.05, 0.1) is 12.2 Å². The highest BCUT2D eigenvalue weighted by Gasteiger charge is 2.76. The molecular formula is C23H34F6O6. The van der Waals surface area contributed by atoms with Crippen molar-refractivity contribution in [2.24, 2.45) is 17.3 Å². The van der Waals surface area contributed by atoms with Crippen LogP contribution in [-0.2, 0) is 9.59 Å². The van der Waals surface area contributed by atoms with E-state index >= 15 is 0 Å². The van der Waals surface area contributed by atoms with Gasteiger partial charge in [-0.2, -0.15) is 26.3 Å². The second-order valence-electron chi connectivity index (χ2n) is 9.05. The first-order valence-corrected chi connectivity index (χ1v) is 11.1. The van der Waals surface area contributed by atoms with Crippen LogP contribution in [0.25, 0.3) is 0 Å². The van der Waals surface area contributed by atoms with Crippen LogP contribution >= 0.6 is 0 Å². The topological polar surface area (TPSA) is 115 Å². The second kappa shape index (κ2) is 13.3. The largest absolute Gasteiger partial charge is 0.478 e. The van der Waals surface area contributed by atoms with E-state index in [-0.39, 0.29) is 62.5 Å². The third kappa shape index (κ3) is 9.14. The van der Waals surface area contributed by atoms with Gasteiger partial charge in [-0.3, -0.25) is 0 Å². The average molecular weight is 521 g/mol. The van der Waals surface area contributed by atoms with Crippen LogP contribution in [0.2, 0.25) is 0 Å². The third-order valence-corrected chi connectivity index (χ3v) is 6.35. The van der Waals surface area contributed by atoms with Crippen LogP contribution in [0.5, 0.6) is 0 Å². The van der Waals surface area contributed by atoms with Crippen LogP contribution in [0.3, 0.4) is 0 Å². The molecule has 204 valence electrons. The molecule has 35 heavy (non-hydrogen) atoms. The number of rotatable bonds is 4. The Morgan fingerprint density at radius 1 is 0.629 bits per heavy atom. The molecular weight excluding hydrogens is 486 g/mol. The number of carbonyl (C=O) groups is 2. The van der Waals surface area contributed by atoms with E-state index < -0.39 is 53.7 Å². The molecule has 12 heteroatoms. The van der Waals surface area contributed by atoms with E-state index in [1.165, 1.54) is 13.8 Å². The van der Waals surface area contributed by atoms with E-state index in [1.54, 1.807) is 0 Å². The summed E-state index contributed by atoms with van der Waals surface area (Å²) in [6, 6.07) is 0. The fraction of sp³-hybridized carbons (Fsp3) is 0.739. The molecule has 0 radical (unpaired) electrons. The molecule has 4 N–H and O–H groups in total. The van der Waals surface area contributed by atoms with Crippen molar-refractivity contribution in [2.75, 3.05) is 0 Å². The molecule has 6 nitrogen and oxygen atoms in total. The van der Waals surface area contributed by atoms with Crippen LogP contribution in [0.4, 0.5) is 26.3 Å². The van der Waals surface area contributed by atoms with Gasteiger partial charge in [0.15, 0.2) is 5.41 Å². The summed E-state index contributed by atoms with van der Waals surface area (Å²) in [6.07, 6.45) is -13.7. The van der Waals surface area contributed by atoms with Gasteiger partial charge in [-0.15, -0.1) is 0 Å². The number of halogens is 6. The van der Waals surface area contributed by atoms with E-state index in [9.17, 15) is 46.1 Å². The molecule has 0 bridgehead atoms. The van der Waals surface area contributed by atoms with Gasteiger partial charge in [-0.1, -0.05) is 13.2 Å². The van der Waals surface area contributed by atoms with Gasteiger partial charge in [0, 0.05) is 11.1 Å². The molecule has 2 saturated carbocycles. The van der Waals surface area contributed by atoms with Crippen LogP contribution in [0.15, 0.2) is 24.3 Å². The lowest BCUT2D eigenvalue weighted by molar-refractivity contribution is -0.382. The highest BCUT2D eigenvalue weighted by atomic mass is 19.4. The minimum Gasteiger partial charge on any atom is -0.478 e. The lowest BCUT2D eigenvalue weighted by Gasteiger charge is -2.51. The highest BCUT2D eigenvalue weighted by molar-refractivity contribution is 5.85. The highest BCUT2D eigenvalue weighted by Crippen LogP contribution is 2.64. The number of hydrogen-bond acceptors (Lipinski definition) is 4. The van der Waals surface area contributed by atoms with Gasteiger partial charge >= 0.3 is 24.3 Å². The Balaban J connectivity index is 0.000000797. The number of aliphatic hydroxyl groups is 2. The quantitative estimate of drug-likeness (QED) is 0.288. The zero-order valence-corrected chi connectivity index (χ0v) is 19.8. The first kappa shape index (κ1) is 32.9. The molecule has 0 saturated heterocycles. The van der Waals surface area contributed by atoms with Gasteiger partial charge in [0.1, 0.15) is 0 Å². The van der Waals surface area contributed by atoms with Crippen LogP contribution in [0, 0.1) is 17.3 Å². The van der Waals surface area contributed by atoms with Crippen molar-refractivity contribution in [3.63, 3.8) is 0 Å². The molecule has 0 aromatic rings. The predicted octanol–water partition coefficient (Wildman–Crippen LogP) is 5.49. The molecule has 2 aliphatic rings. The number of carboxylic acids is 2. The van der Waals surface area contributed by atoms with Gasteiger partial charge in [-0.05, 0) is 77.0 Å². The molecule has 0 spiro atoms. The minimum atomic E-state index is -5.40. The second-order valence-corrected chi connectivity index (χ2v) is 9.05. The molecule has 2 fully saturated rings. The summed E-state index contributed by atoms with van der Waals surface area (Å²) in [7, 11) is 0. The Morgan fingerprint density at radius 2 is 0.829 bits per heavy atom. The van der Waals surface area contributed by atoms with Crippen molar-refractivity contribution in [1.29, 1.82) is 0 Å². The molecule has 0 atom stereocenters. The fourth-order valence-electron chi connectivity index (χ4n) is 4.48. The number of hydrogen-bond donors (Lipinski definition) is 4. The Hall–Kier alpha value is -2.08. The summed E-state index contributed by atoms with van der Waals surface area (Å²) >= 11 is 0. The zero-order chi connectivity index (χ0) is 27.8. The molecule has 2 aliphatic carbocycles. The standard InChI is InChI=1S/C15H22F6O2.2C4H6O2/c16-14(17,18)13(15(19,20)21,9-1-5-11(22)6-2-9)10-3-7-12(23)8-4-10;2*1-3(2)4(5)6/h9-12,22-23H,1-8H2;2*1H2,2H3,(H,5,6). The molecule has 2 rings (SSSR count). The molecule has 0 aromatic carbocycles. The van der Waals surface area contributed by atoms with Gasteiger partial charge in [-0.25, -0.2) is 9.59 Å². The maximum Gasteiger partial charge on any atom is 0.403 e. The first-order valence-electron chi connectivity index (χ1n) is 11.1. The van der Waals surface area contributed by atoms with Crippen molar-refractivity contribution in [1.82, 2.24) is 0 Å². The normalized spacial score (nSPS) is 25.2. The smallest absolute Gasteiger partial charge is 0.403 e. The Labute approximate surface area is 200 Å². The third-order valence-electron chi connectivity index (χ3n) is 6.35. The summed E-state index contributed by atoms with van der Waals surface area (Å²) in [6.45, 7) is 9.20. The summed E-state index contributed by atoms with van der Waals surface area (Å²) in [5.74, 6) is -5.00. The van der Waals surface area contributed by atoms with Crippen molar-refractivity contribution >= 4 is 11.9 Å². The van der Waals surface area contributed by atoms with Crippen molar-refractivity contribution in [2.45, 2.75) is 89.8 Å². The SMILES string of the molecule is C=C(C)C(=O)O.C=C(C)C(=O)O.OC1CCC(C(C2CCC(O)CC2)(C(F)(F)F)C(F)(F)F)CC1. The molecule has 0 aliphatic heterocycles. The number of aliphatic hydroxyl groups excluding tert-OH is 2.